The van der Waals surface area contributed by atoms with Gasteiger partial charge in [0, 0.05) is 22.5 Å². The van der Waals surface area contributed by atoms with Crippen molar-refractivity contribution < 1.29 is 26.3 Å². The number of nitrogens with one attached hydrogen (secondary N) is 1. The monoisotopic (exact) mass is 422 g/mol. The first-order chi connectivity index (χ1) is 12.5. The molecule has 0 spiro atoms. The minimum absolute atomic E-state index is 0.0716. The van der Waals surface area contributed by atoms with E-state index < -0.39 is 23.5 Å². The summed E-state index contributed by atoms with van der Waals surface area (Å²) >= 11 is 7.13. The maximum absolute atomic E-state index is 12.9. The van der Waals surface area contributed by atoms with Crippen LogP contribution < -0.4 is 5.32 Å². The van der Waals surface area contributed by atoms with E-state index in [1.807, 2.05) is 0 Å². The lowest BCUT2D eigenvalue weighted by Crippen LogP contribution is -2.11. The highest BCUT2D eigenvalue weighted by Gasteiger charge is 2.37. The van der Waals surface area contributed by atoms with Gasteiger partial charge in [-0.2, -0.15) is 26.3 Å². The fourth-order valence-corrected chi connectivity index (χ4v) is 3.44. The average molecular weight is 423 g/mol. The van der Waals surface area contributed by atoms with E-state index in [4.69, 9.17) is 11.6 Å². The number of benzene rings is 2. The molecule has 2 aromatic carbocycles. The van der Waals surface area contributed by atoms with Crippen LogP contribution in [0.2, 0.25) is 5.02 Å². The summed E-state index contributed by atoms with van der Waals surface area (Å²) in [5.41, 5.74) is -2.51. The van der Waals surface area contributed by atoms with Crippen molar-refractivity contribution in [1.82, 2.24) is 4.98 Å². The number of rotatable bonds is 3. The molecule has 0 atom stereocenters. The molecule has 142 valence electrons. The second-order valence-corrected chi connectivity index (χ2v) is 6.87. The largest absolute Gasteiger partial charge is 0.416 e. The Balaban J connectivity index is 1.95. The zero-order valence-corrected chi connectivity index (χ0v) is 14.7. The van der Waals surface area contributed by atoms with Crippen LogP contribution in [0, 0.1) is 0 Å². The molecule has 10 heteroatoms. The highest BCUT2D eigenvalue weighted by molar-refractivity contribution is 7.19. The van der Waals surface area contributed by atoms with E-state index >= 15 is 0 Å². The second-order valence-electron chi connectivity index (χ2n) is 5.43. The Morgan fingerprint density at radius 3 is 2.04 bits per heavy atom. The molecule has 2 nitrogen and oxygen atoms in total. The van der Waals surface area contributed by atoms with Gasteiger partial charge in [-0.1, -0.05) is 41.1 Å². The third-order valence-electron chi connectivity index (χ3n) is 3.48. The lowest BCUT2D eigenvalue weighted by Gasteiger charge is -2.14. The molecular formula is C17H9ClF6N2S. The predicted octanol–water partition coefficient (Wildman–Crippen LogP) is 7.24. The first kappa shape index (κ1) is 19.5. The smallest absolute Gasteiger partial charge is 0.332 e. The summed E-state index contributed by atoms with van der Waals surface area (Å²) < 4.78 is 77.5. The van der Waals surface area contributed by atoms with Gasteiger partial charge in [0.1, 0.15) is 0 Å². The fraction of sp³-hybridized carbons (Fsp3) is 0.118. The molecule has 0 fully saturated rings. The van der Waals surface area contributed by atoms with Crippen LogP contribution in [-0.4, -0.2) is 4.98 Å². The van der Waals surface area contributed by atoms with Crippen LogP contribution in [0.1, 0.15) is 11.1 Å². The SMILES string of the molecule is FC(F)(F)c1cc(Nc2ncc(-c3ccccc3Cl)s2)cc(C(F)(F)F)c1. The van der Waals surface area contributed by atoms with Gasteiger partial charge < -0.3 is 5.32 Å². The molecule has 3 aromatic rings. The van der Waals surface area contributed by atoms with Crippen molar-refractivity contribution in [3.05, 3.63) is 64.8 Å². The minimum Gasteiger partial charge on any atom is -0.332 e. The van der Waals surface area contributed by atoms with Gasteiger partial charge in [-0.25, -0.2) is 4.98 Å². The Morgan fingerprint density at radius 1 is 0.889 bits per heavy atom. The molecule has 0 amide bonds. The zero-order valence-electron chi connectivity index (χ0n) is 13.1. The van der Waals surface area contributed by atoms with Crippen molar-refractivity contribution in [3.8, 4) is 10.4 Å². The van der Waals surface area contributed by atoms with Crippen LogP contribution in [0.4, 0.5) is 37.2 Å². The standard InChI is InChI=1S/C17H9ClF6N2S/c18-13-4-2-1-3-12(13)14-8-25-15(27-14)26-11-6-9(16(19,20)21)5-10(7-11)17(22,23)24/h1-8H,(H,25,26). The van der Waals surface area contributed by atoms with E-state index in [9.17, 15) is 26.3 Å². The maximum atomic E-state index is 12.9. The normalized spacial score (nSPS) is 12.3. The highest BCUT2D eigenvalue weighted by atomic mass is 35.5. The Bertz CT molecular complexity index is 932. The van der Waals surface area contributed by atoms with Gasteiger partial charge in [-0.3, -0.25) is 0 Å². The number of halogens is 7. The molecule has 0 aliphatic heterocycles. The summed E-state index contributed by atoms with van der Waals surface area (Å²) in [5, 5.41) is 3.09. The molecule has 27 heavy (non-hydrogen) atoms. The number of nitrogens with zero attached hydrogens (tertiary/aromatic N) is 1. The molecule has 0 unspecified atom stereocenters. The molecule has 0 saturated carbocycles. The van der Waals surface area contributed by atoms with E-state index in [1.165, 1.54) is 6.20 Å². The third kappa shape index (κ3) is 4.54. The molecule has 3 rings (SSSR count). The molecular weight excluding hydrogens is 414 g/mol. The van der Waals surface area contributed by atoms with Gasteiger partial charge in [-0.15, -0.1) is 0 Å². The van der Waals surface area contributed by atoms with Crippen LogP contribution in [0.3, 0.4) is 0 Å². The summed E-state index contributed by atoms with van der Waals surface area (Å²) in [6.07, 6.45) is -8.39. The molecule has 1 aromatic heterocycles. The van der Waals surface area contributed by atoms with Crippen LogP contribution >= 0.6 is 22.9 Å². The van der Waals surface area contributed by atoms with E-state index in [2.05, 4.69) is 10.3 Å². The number of anilines is 2. The van der Waals surface area contributed by atoms with Gasteiger partial charge in [0.15, 0.2) is 5.13 Å². The van der Waals surface area contributed by atoms with Gasteiger partial charge in [0.2, 0.25) is 0 Å². The van der Waals surface area contributed by atoms with Crippen molar-refractivity contribution in [2.75, 3.05) is 5.32 Å². The van der Waals surface area contributed by atoms with Gasteiger partial charge >= 0.3 is 12.4 Å². The van der Waals surface area contributed by atoms with Crippen molar-refractivity contribution in [3.63, 3.8) is 0 Å². The lowest BCUT2D eigenvalue weighted by atomic mass is 10.1. The summed E-state index contributed by atoms with van der Waals surface area (Å²) in [5.74, 6) is 0. The van der Waals surface area contributed by atoms with Crippen molar-refractivity contribution in [2.45, 2.75) is 12.4 Å². The van der Waals surface area contributed by atoms with Crippen molar-refractivity contribution >= 4 is 33.8 Å². The van der Waals surface area contributed by atoms with Crippen molar-refractivity contribution in [1.29, 1.82) is 0 Å². The van der Waals surface area contributed by atoms with Gasteiger partial charge in [-0.05, 0) is 24.3 Å². The number of hydrogen-bond donors (Lipinski definition) is 1. The zero-order chi connectivity index (χ0) is 19.8. The highest BCUT2D eigenvalue weighted by Crippen LogP contribution is 2.39. The predicted molar refractivity (Wildman–Crippen MR) is 92.3 cm³/mol. The molecule has 1 N–H and O–H groups in total. The second kappa shape index (κ2) is 7.05. The summed E-state index contributed by atoms with van der Waals surface area (Å²) in [7, 11) is 0. The van der Waals surface area contributed by atoms with Crippen LogP contribution in [0.25, 0.3) is 10.4 Å². The third-order valence-corrected chi connectivity index (χ3v) is 4.76. The number of thiazole rings is 1. The number of aromatic nitrogens is 1. The molecule has 0 aliphatic carbocycles. The first-order valence-corrected chi connectivity index (χ1v) is 8.51. The topological polar surface area (TPSA) is 24.9 Å². The fourth-order valence-electron chi connectivity index (χ4n) is 2.27. The Kier molecular flexibility index (Phi) is 5.09. The Morgan fingerprint density at radius 2 is 1.48 bits per heavy atom. The maximum Gasteiger partial charge on any atom is 0.416 e. The first-order valence-electron chi connectivity index (χ1n) is 7.31. The van der Waals surface area contributed by atoms with Gasteiger partial charge in [0.05, 0.1) is 16.0 Å². The molecule has 0 saturated heterocycles. The average Bonchev–Trinajstić information content (AvgIpc) is 3.01. The van der Waals surface area contributed by atoms with Crippen molar-refractivity contribution in [2.24, 2.45) is 0 Å². The van der Waals surface area contributed by atoms with Crippen LogP contribution in [0.5, 0.6) is 0 Å². The minimum atomic E-state index is -4.91. The molecule has 0 aliphatic rings. The van der Waals surface area contributed by atoms with Gasteiger partial charge in [0.25, 0.3) is 0 Å². The van der Waals surface area contributed by atoms with E-state index in [1.54, 1.807) is 24.3 Å². The Hall–Kier alpha value is -2.26. The van der Waals surface area contributed by atoms with Crippen LogP contribution in [0.15, 0.2) is 48.7 Å². The van der Waals surface area contributed by atoms with E-state index in [0.29, 0.717) is 27.6 Å². The Labute approximate surface area is 158 Å². The lowest BCUT2D eigenvalue weighted by molar-refractivity contribution is -0.143. The molecule has 0 radical (unpaired) electrons. The molecule has 1 heterocycles. The molecule has 0 bridgehead atoms. The number of hydrogen-bond acceptors (Lipinski definition) is 3. The van der Waals surface area contributed by atoms with E-state index in [-0.39, 0.29) is 16.9 Å². The summed E-state index contributed by atoms with van der Waals surface area (Å²) in [6.45, 7) is 0. The summed E-state index contributed by atoms with van der Waals surface area (Å²) in [4.78, 5) is 4.62. The van der Waals surface area contributed by atoms with E-state index in [0.717, 1.165) is 11.3 Å². The summed E-state index contributed by atoms with van der Waals surface area (Å²) in [6, 6.07) is 8.14. The van der Waals surface area contributed by atoms with Crippen LogP contribution in [-0.2, 0) is 12.4 Å². The number of alkyl halides is 6. The quantitative estimate of drug-likeness (QED) is 0.450.